The van der Waals surface area contributed by atoms with Crippen molar-refractivity contribution in [3.63, 3.8) is 0 Å². The van der Waals surface area contributed by atoms with Crippen molar-refractivity contribution in [2.24, 2.45) is 0 Å². The number of aliphatic hydroxyl groups excluding tert-OH is 1. The average Bonchev–Trinajstić information content (AvgIpc) is 2.03. The molecule has 11 heavy (non-hydrogen) atoms. The molecule has 0 aromatic rings. The zero-order valence-corrected chi connectivity index (χ0v) is 6.87. The van der Waals surface area contributed by atoms with Gasteiger partial charge < -0.3 is 15.1 Å². The fraction of sp³-hybridized carbons (Fsp3) is 1.00. The summed E-state index contributed by atoms with van der Waals surface area (Å²) < 4.78 is 0. The maximum atomic E-state index is 8.61. The molecular formula is C8H17NO2. The van der Waals surface area contributed by atoms with E-state index in [0.717, 1.165) is 19.6 Å². The summed E-state index contributed by atoms with van der Waals surface area (Å²) in [4.78, 5) is 2.29. The van der Waals surface area contributed by atoms with Crippen molar-refractivity contribution in [1.82, 2.24) is 4.90 Å². The molecule has 1 aliphatic rings. The molecule has 2 N–H and O–H groups in total. The number of aliphatic hydroxyl groups is 2. The molecule has 0 aromatic heterocycles. The highest BCUT2D eigenvalue weighted by Crippen LogP contribution is 2.08. The Morgan fingerprint density at radius 1 is 1.09 bits per heavy atom. The minimum absolute atomic E-state index is 0.486. The molecule has 0 spiro atoms. The van der Waals surface area contributed by atoms with E-state index in [1.165, 1.54) is 19.3 Å². The van der Waals surface area contributed by atoms with Gasteiger partial charge in [0.2, 0.25) is 0 Å². The Balaban J connectivity index is 2.05. The standard InChI is InChI=1S/C8H17NO2/c10-8(11)4-7-9-5-2-1-3-6-9/h8,10-11H,1-7H2. The Labute approximate surface area is 67.6 Å². The molecule has 0 unspecified atom stereocenters. The lowest BCUT2D eigenvalue weighted by atomic mass is 10.1. The Kier molecular flexibility index (Phi) is 3.83. The van der Waals surface area contributed by atoms with Crippen LogP contribution in [0, 0.1) is 0 Å². The molecule has 0 atom stereocenters. The van der Waals surface area contributed by atoms with Crippen LogP contribution in [0.5, 0.6) is 0 Å². The van der Waals surface area contributed by atoms with Gasteiger partial charge in [-0.2, -0.15) is 0 Å². The lowest BCUT2D eigenvalue weighted by Gasteiger charge is -2.26. The van der Waals surface area contributed by atoms with Crippen molar-refractivity contribution in [2.75, 3.05) is 19.6 Å². The lowest BCUT2D eigenvalue weighted by molar-refractivity contribution is -0.0510. The van der Waals surface area contributed by atoms with Crippen LogP contribution in [0.3, 0.4) is 0 Å². The van der Waals surface area contributed by atoms with Gasteiger partial charge in [0.05, 0.1) is 0 Å². The molecule has 1 saturated heterocycles. The summed E-state index contributed by atoms with van der Waals surface area (Å²) in [5, 5.41) is 17.2. The van der Waals surface area contributed by atoms with Crippen LogP contribution >= 0.6 is 0 Å². The predicted molar refractivity (Wildman–Crippen MR) is 43.1 cm³/mol. The summed E-state index contributed by atoms with van der Waals surface area (Å²) in [6.07, 6.45) is 3.22. The van der Waals surface area contributed by atoms with E-state index in [1.54, 1.807) is 0 Å². The monoisotopic (exact) mass is 159 g/mol. The molecule has 66 valence electrons. The van der Waals surface area contributed by atoms with Gasteiger partial charge in [-0.3, -0.25) is 0 Å². The number of hydrogen-bond donors (Lipinski definition) is 2. The Hall–Kier alpha value is -0.120. The van der Waals surface area contributed by atoms with Gasteiger partial charge in [0.1, 0.15) is 0 Å². The van der Waals surface area contributed by atoms with Crippen molar-refractivity contribution < 1.29 is 10.2 Å². The number of rotatable bonds is 3. The van der Waals surface area contributed by atoms with Gasteiger partial charge in [0.25, 0.3) is 0 Å². The van der Waals surface area contributed by atoms with Gasteiger partial charge in [-0.1, -0.05) is 6.42 Å². The minimum atomic E-state index is -1.13. The largest absolute Gasteiger partial charge is 0.368 e. The Morgan fingerprint density at radius 2 is 1.73 bits per heavy atom. The molecule has 0 amide bonds. The van der Waals surface area contributed by atoms with Crippen molar-refractivity contribution in [2.45, 2.75) is 32.0 Å². The molecule has 3 heteroatoms. The average molecular weight is 159 g/mol. The van der Waals surface area contributed by atoms with Crippen LogP contribution in [0.25, 0.3) is 0 Å². The van der Waals surface area contributed by atoms with E-state index >= 15 is 0 Å². The zero-order valence-electron chi connectivity index (χ0n) is 6.87. The SMILES string of the molecule is OC(O)CCN1CCCCC1. The van der Waals surface area contributed by atoms with E-state index < -0.39 is 6.29 Å². The quantitative estimate of drug-likeness (QED) is 0.577. The molecule has 1 aliphatic heterocycles. The summed E-state index contributed by atoms with van der Waals surface area (Å²) in [6.45, 7) is 3.09. The van der Waals surface area contributed by atoms with Gasteiger partial charge >= 0.3 is 0 Å². The van der Waals surface area contributed by atoms with Crippen LogP contribution in [-0.4, -0.2) is 41.0 Å². The number of hydrogen-bond acceptors (Lipinski definition) is 3. The fourth-order valence-electron chi connectivity index (χ4n) is 1.48. The van der Waals surface area contributed by atoms with E-state index in [0.29, 0.717) is 6.42 Å². The van der Waals surface area contributed by atoms with E-state index in [-0.39, 0.29) is 0 Å². The van der Waals surface area contributed by atoms with E-state index in [4.69, 9.17) is 10.2 Å². The second kappa shape index (κ2) is 4.70. The predicted octanol–water partition coefficient (Wildman–Crippen LogP) is 0.173. The van der Waals surface area contributed by atoms with Gasteiger partial charge in [0, 0.05) is 13.0 Å². The first-order chi connectivity index (χ1) is 5.29. The van der Waals surface area contributed by atoms with Gasteiger partial charge in [0.15, 0.2) is 6.29 Å². The van der Waals surface area contributed by atoms with Crippen LogP contribution in [-0.2, 0) is 0 Å². The van der Waals surface area contributed by atoms with Gasteiger partial charge in [-0.05, 0) is 25.9 Å². The van der Waals surface area contributed by atoms with Gasteiger partial charge in [-0.15, -0.1) is 0 Å². The molecule has 0 bridgehead atoms. The van der Waals surface area contributed by atoms with E-state index in [1.807, 2.05) is 0 Å². The maximum absolute atomic E-state index is 8.61. The topological polar surface area (TPSA) is 43.7 Å². The van der Waals surface area contributed by atoms with Crippen molar-refractivity contribution in [1.29, 1.82) is 0 Å². The van der Waals surface area contributed by atoms with Crippen molar-refractivity contribution >= 4 is 0 Å². The van der Waals surface area contributed by atoms with Crippen molar-refractivity contribution in [3.05, 3.63) is 0 Å². The molecule has 1 rings (SSSR count). The van der Waals surface area contributed by atoms with Crippen LogP contribution in [0.1, 0.15) is 25.7 Å². The lowest BCUT2D eigenvalue weighted by Crippen LogP contribution is -2.32. The summed E-state index contributed by atoms with van der Waals surface area (Å²) in [5.74, 6) is 0. The molecule has 0 saturated carbocycles. The fourth-order valence-corrected chi connectivity index (χ4v) is 1.48. The number of nitrogens with zero attached hydrogens (tertiary/aromatic N) is 1. The van der Waals surface area contributed by atoms with Crippen LogP contribution in [0.2, 0.25) is 0 Å². The molecule has 3 nitrogen and oxygen atoms in total. The third-order valence-electron chi connectivity index (χ3n) is 2.15. The molecule has 0 aromatic carbocycles. The van der Waals surface area contributed by atoms with E-state index in [9.17, 15) is 0 Å². The molecular weight excluding hydrogens is 142 g/mol. The summed E-state index contributed by atoms with van der Waals surface area (Å²) in [6, 6.07) is 0. The molecule has 1 heterocycles. The summed E-state index contributed by atoms with van der Waals surface area (Å²) >= 11 is 0. The summed E-state index contributed by atoms with van der Waals surface area (Å²) in [5.41, 5.74) is 0. The third kappa shape index (κ3) is 3.70. The number of piperidine rings is 1. The Bertz CT molecular complexity index is 100. The molecule has 0 radical (unpaired) electrons. The molecule has 1 fully saturated rings. The molecule has 0 aliphatic carbocycles. The highest BCUT2D eigenvalue weighted by molar-refractivity contribution is 4.64. The first-order valence-corrected chi connectivity index (χ1v) is 4.37. The summed E-state index contributed by atoms with van der Waals surface area (Å²) in [7, 11) is 0. The van der Waals surface area contributed by atoms with E-state index in [2.05, 4.69) is 4.90 Å². The van der Waals surface area contributed by atoms with Gasteiger partial charge in [-0.25, -0.2) is 0 Å². The van der Waals surface area contributed by atoms with Crippen molar-refractivity contribution in [3.8, 4) is 0 Å². The zero-order chi connectivity index (χ0) is 8.10. The van der Waals surface area contributed by atoms with Crippen LogP contribution in [0.4, 0.5) is 0 Å². The second-order valence-electron chi connectivity index (χ2n) is 3.17. The third-order valence-corrected chi connectivity index (χ3v) is 2.15. The maximum Gasteiger partial charge on any atom is 0.152 e. The van der Waals surface area contributed by atoms with Crippen LogP contribution < -0.4 is 0 Å². The van der Waals surface area contributed by atoms with Crippen LogP contribution in [0.15, 0.2) is 0 Å². The first-order valence-electron chi connectivity index (χ1n) is 4.37. The Morgan fingerprint density at radius 3 is 2.27 bits per heavy atom. The highest BCUT2D eigenvalue weighted by Gasteiger charge is 2.10. The second-order valence-corrected chi connectivity index (χ2v) is 3.17. The first kappa shape index (κ1) is 8.97. The normalized spacial score (nSPS) is 21.0. The number of likely N-dealkylation sites (tertiary alicyclic amines) is 1. The highest BCUT2D eigenvalue weighted by atomic mass is 16.5. The minimum Gasteiger partial charge on any atom is -0.368 e. The smallest absolute Gasteiger partial charge is 0.152 e.